The highest BCUT2D eigenvalue weighted by atomic mass is 127. The normalized spacial score (nSPS) is 16.4. The van der Waals surface area contributed by atoms with Crippen molar-refractivity contribution in [1.29, 1.82) is 0 Å². The van der Waals surface area contributed by atoms with Crippen LogP contribution in [0.25, 0.3) is 0 Å². The molecule has 1 aromatic rings. The molecule has 0 saturated carbocycles. The second-order valence-electron chi connectivity index (χ2n) is 7.35. The monoisotopic (exact) mass is 535 g/mol. The molecule has 162 valence electrons. The van der Waals surface area contributed by atoms with Crippen LogP contribution in [0.15, 0.2) is 23.2 Å². The lowest BCUT2D eigenvalue weighted by molar-refractivity contribution is -0.133. The summed E-state index contributed by atoms with van der Waals surface area (Å²) in [6, 6.07) is 5.68. The zero-order valence-electron chi connectivity index (χ0n) is 17.4. The first-order valence-electron chi connectivity index (χ1n) is 9.62. The van der Waals surface area contributed by atoms with Gasteiger partial charge in [0, 0.05) is 45.1 Å². The Labute approximate surface area is 195 Å². The van der Waals surface area contributed by atoms with Gasteiger partial charge in [-0.1, -0.05) is 31.5 Å². The van der Waals surface area contributed by atoms with E-state index in [0.717, 1.165) is 18.5 Å². The van der Waals surface area contributed by atoms with Crippen LogP contribution in [-0.4, -0.2) is 55.4 Å². The van der Waals surface area contributed by atoms with Crippen molar-refractivity contribution in [2.24, 2.45) is 10.9 Å². The van der Waals surface area contributed by atoms with Gasteiger partial charge in [0.25, 0.3) is 0 Å². The van der Waals surface area contributed by atoms with Gasteiger partial charge in [-0.3, -0.25) is 14.6 Å². The number of amides is 2. The summed E-state index contributed by atoms with van der Waals surface area (Å²) in [5.74, 6) is 0.698. The highest BCUT2D eigenvalue weighted by Gasteiger charge is 2.27. The summed E-state index contributed by atoms with van der Waals surface area (Å²) < 4.78 is 0. The Morgan fingerprint density at radius 3 is 2.69 bits per heavy atom. The fourth-order valence-electron chi connectivity index (χ4n) is 3.06. The van der Waals surface area contributed by atoms with E-state index in [-0.39, 0.29) is 54.2 Å². The van der Waals surface area contributed by atoms with Gasteiger partial charge < -0.3 is 20.9 Å². The molecule has 0 radical (unpaired) electrons. The number of guanidine groups is 1. The molecular formula is C20H31ClIN5O2. The lowest BCUT2D eigenvalue weighted by Crippen LogP contribution is -2.45. The third-order valence-electron chi connectivity index (χ3n) is 4.60. The number of halogens is 2. The summed E-state index contributed by atoms with van der Waals surface area (Å²) in [5, 5.41) is 9.81. The predicted molar refractivity (Wildman–Crippen MR) is 129 cm³/mol. The van der Waals surface area contributed by atoms with Gasteiger partial charge in [-0.05, 0) is 31.0 Å². The molecule has 2 amide bonds. The lowest BCUT2D eigenvalue weighted by atomic mass is 10.2. The van der Waals surface area contributed by atoms with Crippen LogP contribution in [0.5, 0.6) is 0 Å². The van der Waals surface area contributed by atoms with Gasteiger partial charge in [0.1, 0.15) is 0 Å². The molecule has 29 heavy (non-hydrogen) atoms. The first-order valence-corrected chi connectivity index (χ1v) is 10.00. The minimum Gasteiger partial charge on any atom is -0.356 e. The molecule has 0 bridgehead atoms. The van der Waals surface area contributed by atoms with E-state index in [4.69, 9.17) is 11.6 Å². The number of aliphatic imine (C=N–C) groups is 1. The Balaban J connectivity index is 0.00000420. The SMILES string of the molecule is CN=C(NCCC(=O)Nc1ccc(C)cc1Cl)NC1CCN(C(=O)C(C)C)C1.I. The van der Waals surface area contributed by atoms with Crippen molar-refractivity contribution in [2.45, 2.75) is 39.7 Å². The number of nitrogens with one attached hydrogen (secondary N) is 3. The van der Waals surface area contributed by atoms with Crippen LogP contribution in [0.2, 0.25) is 5.02 Å². The van der Waals surface area contributed by atoms with Crippen molar-refractivity contribution < 1.29 is 9.59 Å². The summed E-state index contributed by atoms with van der Waals surface area (Å²) in [4.78, 5) is 30.3. The Hall–Kier alpha value is -1.55. The second-order valence-corrected chi connectivity index (χ2v) is 7.76. The molecule has 0 aliphatic carbocycles. The first kappa shape index (κ1) is 25.5. The summed E-state index contributed by atoms with van der Waals surface area (Å²) >= 11 is 6.14. The van der Waals surface area contributed by atoms with Crippen molar-refractivity contribution in [3.63, 3.8) is 0 Å². The number of rotatable bonds is 6. The summed E-state index contributed by atoms with van der Waals surface area (Å²) in [5.41, 5.74) is 1.65. The average Bonchev–Trinajstić information content (AvgIpc) is 3.10. The quantitative estimate of drug-likeness (QED) is 0.297. The van der Waals surface area contributed by atoms with Crippen molar-refractivity contribution >= 4 is 59.0 Å². The summed E-state index contributed by atoms with van der Waals surface area (Å²) in [7, 11) is 1.69. The maximum atomic E-state index is 12.1. The summed E-state index contributed by atoms with van der Waals surface area (Å²) in [6.45, 7) is 7.64. The maximum Gasteiger partial charge on any atom is 0.226 e. The third-order valence-corrected chi connectivity index (χ3v) is 4.91. The fraction of sp³-hybridized carbons (Fsp3) is 0.550. The first-order chi connectivity index (χ1) is 13.3. The molecule has 1 atom stereocenters. The van der Waals surface area contributed by atoms with Crippen molar-refractivity contribution in [1.82, 2.24) is 15.5 Å². The third kappa shape index (κ3) is 8.00. The fourth-order valence-corrected chi connectivity index (χ4v) is 3.34. The highest BCUT2D eigenvalue weighted by molar-refractivity contribution is 14.0. The van der Waals surface area contributed by atoms with E-state index in [1.165, 1.54) is 0 Å². The van der Waals surface area contributed by atoms with E-state index in [0.29, 0.717) is 29.8 Å². The molecule has 9 heteroatoms. The Bertz CT molecular complexity index is 742. The molecule has 2 rings (SSSR count). The van der Waals surface area contributed by atoms with E-state index in [9.17, 15) is 9.59 Å². The number of benzene rings is 1. The van der Waals surface area contributed by atoms with Crippen molar-refractivity contribution in [3.05, 3.63) is 28.8 Å². The number of hydrogen-bond acceptors (Lipinski definition) is 3. The van der Waals surface area contributed by atoms with Crippen LogP contribution >= 0.6 is 35.6 Å². The van der Waals surface area contributed by atoms with Crippen molar-refractivity contribution in [3.8, 4) is 0 Å². The predicted octanol–water partition coefficient (Wildman–Crippen LogP) is 3.02. The molecule has 1 saturated heterocycles. The molecule has 1 aromatic carbocycles. The van der Waals surface area contributed by atoms with Crippen LogP contribution in [0.1, 0.15) is 32.3 Å². The number of anilines is 1. The molecule has 0 aromatic heterocycles. The molecule has 1 heterocycles. The highest BCUT2D eigenvalue weighted by Crippen LogP contribution is 2.22. The van der Waals surface area contributed by atoms with Gasteiger partial charge in [0.2, 0.25) is 11.8 Å². The van der Waals surface area contributed by atoms with Crippen LogP contribution in [-0.2, 0) is 9.59 Å². The van der Waals surface area contributed by atoms with Crippen LogP contribution < -0.4 is 16.0 Å². The number of aryl methyl sites for hydroxylation is 1. The van der Waals surface area contributed by atoms with E-state index in [1.807, 2.05) is 37.8 Å². The molecule has 1 aliphatic heterocycles. The topological polar surface area (TPSA) is 85.8 Å². The van der Waals surface area contributed by atoms with Crippen molar-refractivity contribution in [2.75, 3.05) is 32.0 Å². The van der Waals surface area contributed by atoms with Gasteiger partial charge in [0.05, 0.1) is 10.7 Å². The van der Waals surface area contributed by atoms with Gasteiger partial charge in [-0.2, -0.15) is 0 Å². The largest absolute Gasteiger partial charge is 0.356 e. The molecule has 1 fully saturated rings. The van der Waals surface area contributed by atoms with Gasteiger partial charge in [-0.25, -0.2) is 0 Å². The zero-order chi connectivity index (χ0) is 20.7. The smallest absolute Gasteiger partial charge is 0.226 e. The Kier molecular flexibility index (Phi) is 10.7. The van der Waals surface area contributed by atoms with E-state index < -0.39 is 0 Å². The standard InChI is InChI=1S/C20H30ClN5O2.HI/c1-13(2)19(28)26-10-8-15(12-26)24-20(22-4)23-9-7-18(27)25-17-6-5-14(3)11-16(17)21;/h5-6,11,13,15H,7-10,12H2,1-4H3,(H,25,27)(H2,22,23,24);1H. The van der Waals surface area contributed by atoms with E-state index in [1.54, 1.807) is 13.1 Å². The number of carbonyl (C=O) groups is 2. The molecular weight excluding hydrogens is 505 g/mol. The maximum absolute atomic E-state index is 12.1. The number of carbonyl (C=O) groups excluding carboxylic acids is 2. The molecule has 7 nitrogen and oxygen atoms in total. The molecule has 1 aliphatic rings. The average molecular weight is 536 g/mol. The van der Waals surface area contributed by atoms with Gasteiger partial charge >= 0.3 is 0 Å². The number of likely N-dealkylation sites (tertiary alicyclic amines) is 1. The van der Waals surface area contributed by atoms with Gasteiger partial charge in [0.15, 0.2) is 5.96 Å². The number of nitrogens with zero attached hydrogens (tertiary/aromatic N) is 2. The summed E-state index contributed by atoms with van der Waals surface area (Å²) in [6.07, 6.45) is 1.17. The van der Waals surface area contributed by atoms with E-state index in [2.05, 4.69) is 20.9 Å². The minimum absolute atomic E-state index is 0. The van der Waals surface area contributed by atoms with Gasteiger partial charge in [-0.15, -0.1) is 24.0 Å². The van der Waals surface area contributed by atoms with Crippen LogP contribution in [0.4, 0.5) is 5.69 Å². The van der Waals surface area contributed by atoms with Crippen LogP contribution in [0.3, 0.4) is 0 Å². The zero-order valence-corrected chi connectivity index (χ0v) is 20.5. The second kappa shape index (κ2) is 12.2. The molecule has 0 spiro atoms. The number of hydrogen-bond donors (Lipinski definition) is 3. The lowest BCUT2D eigenvalue weighted by Gasteiger charge is -2.20. The minimum atomic E-state index is -0.122. The van der Waals surface area contributed by atoms with Crippen LogP contribution in [0, 0.1) is 12.8 Å². The molecule has 1 unspecified atom stereocenters. The Morgan fingerprint density at radius 1 is 1.34 bits per heavy atom. The van der Waals surface area contributed by atoms with E-state index >= 15 is 0 Å². The molecule has 3 N–H and O–H groups in total. The Morgan fingerprint density at radius 2 is 2.07 bits per heavy atom.